The van der Waals surface area contributed by atoms with Crippen LogP contribution >= 0.6 is 0 Å². The third kappa shape index (κ3) is 4.23. The standard InChI is InChI=1S/C11H19N3O4/c1-7-3-2-4-14(6-7)11(18)13-8(10(16)17)5-9(12)15/h7-8H,2-6H2,1H3,(H2,12,15)(H,13,18)(H,16,17)/t7?,8-/m0/s1. The van der Waals surface area contributed by atoms with Gasteiger partial charge in [0.2, 0.25) is 5.91 Å². The highest BCUT2D eigenvalue weighted by Gasteiger charge is 2.26. The smallest absolute Gasteiger partial charge is 0.326 e. The number of urea groups is 1. The molecule has 18 heavy (non-hydrogen) atoms. The fourth-order valence-corrected chi connectivity index (χ4v) is 2.02. The van der Waals surface area contributed by atoms with Crippen molar-refractivity contribution in [1.82, 2.24) is 10.2 Å². The van der Waals surface area contributed by atoms with Crippen LogP contribution in [0.1, 0.15) is 26.2 Å². The lowest BCUT2D eigenvalue weighted by Gasteiger charge is -2.31. The summed E-state index contributed by atoms with van der Waals surface area (Å²) in [5.41, 5.74) is 4.94. The largest absolute Gasteiger partial charge is 0.480 e. The van der Waals surface area contributed by atoms with E-state index in [2.05, 4.69) is 5.32 Å². The number of primary amides is 1. The number of piperidine rings is 1. The number of hydrogen-bond acceptors (Lipinski definition) is 3. The van der Waals surface area contributed by atoms with Gasteiger partial charge in [-0.2, -0.15) is 0 Å². The number of nitrogens with one attached hydrogen (secondary N) is 1. The molecule has 0 radical (unpaired) electrons. The molecule has 1 fully saturated rings. The van der Waals surface area contributed by atoms with Crippen LogP contribution in [-0.4, -0.2) is 47.0 Å². The van der Waals surface area contributed by atoms with E-state index < -0.39 is 30.4 Å². The van der Waals surface area contributed by atoms with Gasteiger partial charge < -0.3 is 21.1 Å². The summed E-state index contributed by atoms with van der Waals surface area (Å²) < 4.78 is 0. The predicted octanol–water partition coefficient (Wildman–Crippen LogP) is -0.243. The van der Waals surface area contributed by atoms with Gasteiger partial charge in [-0.25, -0.2) is 9.59 Å². The Kier molecular flexibility index (Phi) is 4.94. The van der Waals surface area contributed by atoms with Gasteiger partial charge in [0, 0.05) is 13.1 Å². The maximum atomic E-state index is 11.8. The van der Waals surface area contributed by atoms with Gasteiger partial charge in [0.25, 0.3) is 0 Å². The zero-order chi connectivity index (χ0) is 13.7. The predicted molar refractivity (Wildman–Crippen MR) is 63.7 cm³/mol. The zero-order valence-electron chi connectivity index (χ0n) is 10.4. The average molecular weight is 257 g/mol. The maximum absolute atomic E-state index is 11.8. The number of likely N-dealkylation sites (tertiary alicyclic amines) is 1. The monoisotopic (exact) mass is 257 g/mol. The first-order valence-corrected chi connectivity index (χ1v) is 5.96. The van der Waals surface area contributed by atoms with Gasteiger partial charge in [0.05, 0.1) is 6.42 Å². The molecule has 1 rings (SSSR count). The molecule has 1 heterocycles. The number of amides is 3. The van der Waals surface area contributed by atoms with E-state index in [1.165, 1.54) is 0 Å². The second-order valence-corrected chi connectivity index (χ2v) is 4.70. The Labute approximate surface area is 105 Å². The number of carboxylic acids is 1. The minimum Gasteiger partial charge on any atom is -0.480 e. The molecule has 102 valence electrons. The van der Waals surface area contributed by atoms with Gasteiger partial charge in [-0.05, 0) is 18.8 Å². The van der Waals surface area contributed by atoms with Crippen LogP contribution in [0.15, 0.2) is 0 Å². The molecule has 0 aromatic heterocycles. The molecule has 1 aliphatic rings. The van der Waals surface area contributed by atoms with E-state index in [9.17, 15) is 14.4 Å². The van der Waals surface area contributed by atoms with Crippen LogP contribution in [0.5, 0.6) is 0 Å². The van der Waals surface area contributed by atoms with Gasteiger partial charge in [-0.15, -0.1) is 0 Å². The number of carbonyl (C=O) groups excluding carboxylic acids is 2. The number of nitrogens with two attached hydrogens (primary N) is 1. The van der Waals surface area contributed by atoms with Crippen molar-refractivity contribution in [3.63, 3.8) is 0 Å². The van der Waals surface area contributed by atoms with Crippen LogP contribution in [0.25, 0.3) is 0 Å². The van der Waals surface area contributed by atoms with Gasteiger partial charge in [-0.1, -0.05) is 6.92 Å². The van der Waals surface area contributed by atoms with E-state index in [0.29, 0.717) is 19.0 Å². The number of carbonyl (C=O) groups is 3. The van der Waals surface area contributed by atoms with Gasteiger partial charge in [0.1, 0.15) is 6.04 Å². The van der Waals surface area contributed by atoms with Crippen LogP contribution in [0.4, 0.5) is 4.79 Å². The summed E-state index contributed by atoms with van der Waals surface area (Å²) in [5.74, 6) is -1.61. The topological polar surface area (TPSA) is 113 Å². The summed E-state index contributed by atoms with van der Waals surface area (Å²) in [6.07, 6.45) is 1.57. The minimum atomic E-state index is -1.26. The Morgan fingerprint density at radius 1 is 1.50 bits per heavy atom. The molecule has 0 aromatic rings. The zero-order valence-corrected chi connectivity index (χ0v) is 10.4. The van der Waals surface area contributed by atoms with E-state index in [0.717, 1.165) is 12.8 Å². The van der Waals surface area contributed by atoms with Crippen molar-refractivity contribution in [2.75, 3.05) is 13.1 Å². The lowest BCUT2D eigenvalue weighted by Crippen LogP contribution is -2.51. The SMILES string of the molecule is CC1CCCN(C(=O)N[C@@H](CC(N)=O)C(=O)O)C1. The molecule has 0 spiro atoms. The summed E-state index contributed by atoms with van der Waals surface area (Å²) in [5, 5.41) is 11.2. The normalized spacial score (nSPS) is 21.2. The average Bonchev–Trinajstić information content (AvgIpc) is 2.27. The van der Waals surface area contributed by atoms with Crippen molar-refractivity contribution in [3.05, 3.63) is 0 Å². The Hall–Kier alpha value is -1.79. The highest BCUT2D eigenvalue weighted by Crippen LogP contribution is 2.15. The molecule has 0 bridgehead atoms. The molecule has 7 nitrogen and oxygen atoms in total. The van der Waals surface area contributed by atoms with Crippen molar-refractivity contribution < 1.29 is 19.5 Å². The Bertz CT molecular complexity index is 345. The molecule has 0 aliphatic carbocycles. The Morgan fingerprint density at radius 3 is 2.67 bits per heavy atom. The second kappa shape index (κ2) is 6.23. The minimum absolute atomic E-state index is 0.398. The first kappa shape index (κ1) is 14.3. The molecule has 3 amide bonds. The second-order valence-electron chi connectivity index (χ2n) is 4.70. The number of nitrogens with zero attached hydrogens (tertiary/aromatic N) is 1. The van der Waals surface area contributed by atoms with E-state index in [1.54, 1.807) is 4.90 Å². The molecule has 1 saturated heterocycles. The van der Waals surface area contributed by atoms with Gasteiger partial charge in [0.15, 0.2) is 0 Å². The van der Waals surface area contributed by atoms with Crippen LogP contribution < -0.4 is 11.1 Å². The first-order chi connectivity index (χ1) is 8.40. The summed E-state index contributed by atoms with van der Waals surface area (Å²) >= 11 is 0. The summed E-state index contributed by atoms with van der Waals surface area (Å²) in [6.45, 7) is 3.26. The molecule has 4 N–H and O–H groups in total. The van der Waals surface area contributed by atoms with Crippen LogP contribution in [0, 0.1) is 5.92 Å². The number of rotatable bonds is 4. The van der Waals surface area contributed by atoms with E-state index >= 15 is 0 Å². The lowest BCUT2D eigenvalue weighted by molar-refractivity contribution is -0.141. The Balaban J connectivity index is 2.54. The highest BCUT2D eigenvalue weighted by molar-refractivity contribution is 5.87. The number of hydrogen-bond donors (Lipinski definition) is 3. The lowest BCUT2D eigenvalue weighted by atomic mass is 10.0. The third-order valence-electron chi connectivity index (χ3n) is 2.95. The summed E-state index contributed by atoms with van der Waals surface area (Å²) in [7, 11) is 0. The van der Waals surface area contributed by atoms with Crippen molar-refractivity contribution in [3.8, 4) is 0 Å². The van der Waals surface area contributed by atoms with Crippen LogP contribution in [0.3, 0.4) is 0 Å². The molecular weight excluding hydrogens is 238 g/mol. The summed E-state index contributed by atoms with van der Waals surface area (Å²) in [4.78, 5) is 35.0. The highest BCUT2D eigenvalue weighted by atomic mass is 16.4. The van der Waals surface area contributed by atoms with E-state index in [1.807, 2.05) is 6.92 Å². The molecular formula is C11H19N3O4. The van der Waals surface area contributed by atoms with Crippen molar-refractivity contribution in [2.24, 2.45) is 11.7 Å². The first-order valence-electron chi connectivity index (χ1n) is 5.96. The molecule has 0 aromatic carbocycles. The van der Waals surface area contributed by atoms with Gasteiger partial charge >= 0.3 is 12.0 Å². The molecule has 1 aliphatic heterocycles. The quantitative estimate of drug-likeness (QED) is 0.644. The summed E-state index contributed by atoms with van der Waals surface area (Å²) in [6, 6.07) is -1.71. The maximum Gasteiger partial charge on any atom is 0.326 e. The van der Waals surface area contributed by atoms with Crippen LogP contribution in [0.2, 0.25) is 0 Å². The molecule has 7 heteroatoms. The van der Waals surface area contributed by atoms with Gasteiger partial charge in [-0.3, -0.25) is 4.79 Å². The Morgan fingerprint density at radius 2 is 2.17 bits per heavy atom. The van der Waals surface area contributed by atoms with E-state index in [4.69, 9.17) is 10.8 Å². The van der Waals surface area contributed by atoms with Crippen molar-refractivity contribution in [2.45, 2.75) is 32.2 Å². The van der Waals surface area contributed by atoms with Crippen LogP contribution in [-0.2, 0) is 9.59 Å². The molecule has 1 unspecified atom stereocenters. The fraction of sp³-hybridized carbons (Fsp3) is 0.727. The van der Waals surface area contributed by atoms with Crippen molar-refractivity contribution in [1.29, 1.82) is 0 Å². The van der Waals surface area contributed by atoms with E-state index in [-0.39, 0.29) is 0 Å². The number of aliphatic carboxylic acids is 1. The fourth-order valence-electron chi connectivity index (χ4n) is 2.02. The van der Waals surface area contributed by atoms with Crippen molar-refractivity contribution >= 4 is 17.9 Å². The third-order valence-corrected chi connectivity index (χ3v) is 2.95. The number of carboxylic acid groups (broad SMARTS) is 1. The molecule has 0 saturated carbocycles. The molecule has 2 atom stereocenters.